The zero-order chi connectivity index (χ0) is 43.6. The van der Waals surface area contributed by atoms with Crippen LogP contribution in [-0.2, 0) is 16.0 Å². The smallest absolute Gasteiger partial charge is 0.227 e. The lowest BCUT2D eigenvalue weighted by Gasteiger charge is -2.30. The van der Waals surface area contributed by atoms with Crippen molar-refractivity contribution in [2.24, 2.45) is 0 Å². The summed E-state index contributed by atoms with van der Waals surface area (Å²) in [6.07, 6.45) is 17.2. The summed E-state index contributed by atoms with van der Waals surface area (Å²) in [4.78, 5) is 48.5. The second-order valence-corrected chi connectivity index (χ2v) is 15.3. The van der Waals surface area contributed by atoms with Crippen LogP contribution in [0.5, 0.6) is 34.5 Å². The van der Waals surface area contributed by atoms with Gasteiger partial charge in [-0.1, -0.05) is 94.7 Å². The van der Waals surface area contributed by atoms with Gasteiger partial charge in [0.1, 0.15) is 51.2 Å². The third kappa shape index (κ3) is 10.8. The van der Waals surface area contributed by atoms with Crippen LogP contribution >= 0.6 is 0 Å². The number of ether oxygens (including phenoxy) is 1. The van der Waals surface area contributed by atoms with Crippen LogP contribution in [0.25, 0.3) is 12.2 Å². The molecule has 0 atom stereocenters. The van der Waals surface area contributed by atoms with Gasteiger partial charge in [0.15, 0.2) is 23.1 Å². The average Bonchev–Trinajstić information content (AvgIpc) is 3.19. The number of aliphatic hydroxyl groups excluding tert-OH is 2. The molecule has 1 heterocycles. The Morgan fingerprint density at radius 2 is 1.32 bits per heavy atom. The second-order valence-electron chi connectivity index (χ2n) is 15.3. The van der Waals surface area contributed by atoms with E-state index in [0.29, 0.717) is 6.42 Å². The molecule has 0 bridgehead atoms. The number of hydrogen-bond donors (Lipinski definition) is 7. The molecule has 3 aromatic carbocycles. The zero-order valence-corrected chi connectivity index (χ0v) is 34.2. The number of Topliss-reactive ketones (excluding diaryl/α,β-unsaturated/α-hetero) is 2. The molecule has 59 heavy (non-hydrogen) atoms. The van der Waals surface area contributed by atoms with Gasteiger partial charge in [-0.2, -0.15) is 0 Å². The minimum absolute atomic E-state index is 0.0151. The van der Waals surface area contributed by atoms with E-state index in [0.717, 1.165) is 37.8 Å². The highest BCUT2D eigenvalue weighted by molar-refractivity contribution is 6.20. The summed E-state index contributed by atoms with van der Waals surface area (Å²) >= 11 is 0. The van der Waals surface area contributed by atoms with Crippen LogP contribution in [0.2, 0.25) is 0 Å². The van der Waals surface area contributed by atoms with Crippen LogP contribution in [0, 0.1) is 6.92 Å². The van der Waals surface area contributed by atoms with Gasteiger partial charge in [-0.15, -0.1) is 0 Å². The molecular formula is C47H54O12. The molecule has 2 aliphatic rings. The standard InChI is InChI=1S/C30H28O8.C17H26O4/c1-15-24(33)19(27(36)22(16(2)31)25(15)34)14-20-26(35)18-12-13-30(3,4)38-29(18)23(28(20)37)21(32)11-10-17-8-6-5-7-9-17;1-2-3-4-5-6-7-8-9-10-11-13-16(20)14(18)12-15(19)17(13)21/h5-13,33-37H,14H2,1-4H3;12,18,21H,2-11H2,1H3/b11-10+;. The first-order valence-corrected chi connectivity index (χ1v) is 19.9. The van der Waals surface area contributed by atoms with Crippen molar-refractivity contribution in [1.29, 1.82) is 0 Å². The maximum absolute atomic E-state index is 13.4. The number of ketones is 4. The number of aromatic hydroxyl groups is 5. The predicted molar refractivity (Wildman–Crippen MR) is 225 cm³/mol. The lowest BCUT2D eigenvalue weighted by molar-refractivity contribution is -0.119. The number of fused-ring (bicyclic) bond motifs is 1. The van der Waals surface area contributed by atoms with Crippen molar-refractivity contribution < 1.29 is 59.7 Å². The molecule has 0 spiro atoms. The van der Waals surface area contributed by atoms with Crippen LogP contribution in [0.3, 0.4) is 0 Å². The molecule has 12 heteroatoms. The van der Waals surface area contributed by atoms with Gasteiger partial charge < -0.3 is 40.5 Å². The van der Waals surface area contributed by atoms with E-state index >= 15 is 0 Å². The van der Waals surface area contributed by atoms with Crippen LogP contribution in [0.15, 0.2) is 65.7 Å². The average molecular weight is 811 g/mol. The number of unbranched alkanes of at least 4 members (excludes halogenated alkanes) is 8. The Hall–Kier alpha value is -6.30. The van der Waals surface area contributed by atoms with Crippen molar-refractivity contribution in [3.8, 4) is 34.5 Å². The summed E-state index contributed by atoms with van der Waals surface area (Å²) in [7, 11) is 0. The highest BCUT2D eigenvalue weighted by Gasteiger charge is 2.34. The SMILES string of the molecule is CC(=O)c1c(O)c(C)c(O)c(Cc2c(O)c3c(c(C(=O)/C=C/c4ccccc4)c2O)OC(C)(C)C=C3)c1O.CCCCCCCCCCCC1=C(O)C(=O)C=C(O)C1=O. The molecule has 314 valence electrons. The van der Waals surface area contributed by atoms with Gasteiger partial charge in [0.05, 0.1) is 5.56 Å². The molecule has 7 N–H and O–H groups in total. The van der Waals surface area contributed by atoms with Crippen LogP contribution < -0.4 is 4.74 Å². The number of phenols is 5. The predicted octanol–water partition coefficient (Wildman–Crippen LogP) is 9.71. The normalized spacial score (nSPS) is 14.4. The van der Waals surface area contributed by atoms with Crippen LogP contribution in [-0.4, -0.2) is 64.5 Å². The molecule has 0 unspecified atom stereocenters. The van der Waals surface area contributed by atoms with E-state index in [-0.39, 0.29) is 39.1 Å². The summed E-state index contributed by atoms with van der Waals surface area (Å²) in [5, 5.41) is 73.1. The van der Waals surface area contributed by atoms with Crippen molar-refractivity contribution in [2.45, 2.75) is 111 Å². The molecule has 1 aliphatic heterocycles. The van der Waals surface area contributed by atoms with Crippen LogP contribution in [0.4, 0.5) is 0 Å². The van der Waals surface area contributed by atoms with E-state index in [9.17, 15) is 54.9 Å². The Kier molecular flexibility index (Phi) is 15.3. The molecule has 0 fully saturated rings. The first-order chi connectivity index (χ1) is 27.9. The molecule has 1 aliphatic carbocycles. The van der Waals surface area contributed by atoms with E-state index in [4.69, 9.17) is 4.74 Å². The highest BCUT2D eigenvalue weighted by atomic mass is 16.5. The molecule has 0 saturated heterocycles. The second kappa shape index (κ2) is 19.9. The Morgan fingerprint density at radius 3 is 1.93 bits per heavy atom. The molecule has 0 saturated carbocycles. The monoisotopic (exact) mass is 810 g/mol. The Morgan fingerprint density at radius 1 is 0.746 bits per heavy atom. The maximum atomic E-state index is 13.4. The van der Waals surface area contributed by atoms with Crippen molar-refractivity contribution in [2.75, 3.05) is 0 Å². The quantitative estimate of drug-likeness (QED) is 0.0311. The minimum atomic E-state index is -0.841. The topological polar surface area (TPSA) is 219 Å². The van der Waals surface area contributed by atoms with Gasteiger partial charge in [0.2, 0.25) is 11.6 Å². The number of phenolic OH excluding ortho intramolecular Hbond substituents is 5. The fraction of sp³-hybridized carbons (Fsp3) is 0.362. The molecule has 5 rings (SSSR count). The van der Waals surface area contributed by atoms with Crippen molar-refractivity contribution in [3.05, 3.63) is 105 Å². The Balaban J connectivity index is 0.000000311. The van der Waals surface area contributed by atoms with Crippen molar-refractivity contribution in [3.63, 3.8) is 0 Å². The number of carbonyl (C=O) groups is 4. The first kappa shape index (κ1) is 45.4. The lowest BCUT2D eigenvalue weighted by atomic mass is 9.89. The molecule has 0 radical (unpaired) electrons. The molecular weight excluding hydrogens is 757 g/mol. The van der Waals surface area contributed by atoms with Crippen LogP contribution in [0.1, 0.15) is 140 Å². The zero-order valence-electron chi connectivity index (χ0n) is 34.2. The molecule has 12 nitrogen and oxygen atoms in total. The van der Waals surface area contributed by atoms with Gasteiger partial charge in [-0.25, -0.2) is 0 Å². The van der Waals surface area contributed by atoms with Gasteiger partial charge in [-0.3, -0.25) is 19.2 Å². The van der Waals surface area contributed by atoms with Gasteiger partial charge >= 0.3 is 0 Å². The number of carbonyl (C=O) groups excluding carboxylic acids is 4. The maximum Gasteiger partial charge on any atom is 0.227 e. The van der Waals surface area contributed by atoms with Gasteiger partial charge in [-0.05, 0) is 64.3 Å². The highest BCUT2D eigenvalue weighted by Crippen LogP contribution is 2.50. The number of hydrogen-bond acceptors (Lipinski definition) is 12. The van der Waals surface area contributed by atoms with Gasteiger partial charge in [0.25, 0.3) is 0 Å². The number of rotatable bonds is 16. The Bertz CT molecular complexity index is 2220. The lowest BCUT2D eigenvalue weighted by Crippen LogP contribution is -2.28. The molecule has 3 aromatic rings. The van der Waals surface area contributed by atoms with Crippen molar-refractivity contribution >= 4 is 35.3 Å². The number of benzene rings is 3. The summed E-state index contributed by atoms with van der Waals surface area (Å²) < 4.78 is 5.99. The summed E-state index contributed by atoms with van der Waals surface area (Å²) in [6, 6.07) is 9.06. The number of aliphatic hydroxyl groups is 2. The third-order valence-electron chi connectivity index (χ3n) is 10.3. The van der Waals surface area contributed by atoms with E-state index in [1.165, 1.54) is 51.5 Å². The van der Waals surface area contributed by atoms with Gasteiger partial charge in [0, 0.05) is 34.8 Å². The van der Waals surface area contributed by atoms with E-state index < -0.39 is 81.0 Å². The van der Waals surface area contributed by atoms with E-state index in [1.54, 1.807) is 44.2 Å². The van der Waals surface area contributed by atoms with Crippen molar-refractivity contribution in [1.82, 2.24) is 0 Å². The third-order valence-corrected chi connectivity index (χ3v) is 10.3. The fourth-order valence-corrected chi connectivity index (χ4v) is 6.92. The number of allylic oxidation sites excluding steroid dienone is 3. The fourth-order valence-electron chi connectivity index (χ4n) is 6.92. The Labute approximate surface area is 344 Å². The summed E-state index contributed by atoms with van der Waals surface area (Å²) in [5.41, 5.74) is -0.968. The first-order valence-electron chi connectivity index (χ1n) is 19.9. The molecule has 0 aromatic heterocycles. The van der Waals surface area contributed by atoms with E-state index in [2.05, 4.69) is 6.92 Å². The summed E-state index contributed by atoms with van der Waals surface area (Å²) in [6.45, 7) is 8.20. The molecule has 0 amide bonds. The summed E-state index contributed by atoms with van der Waals surface area (Å²) in [5.74, 6) is -6.46. The largest absolute Gasteiger partial charge is 0.507 e. The van der Waals surface area contributed by atoms with E-state index in [1.807, 2.05) is 18.2 Å². The minimum Gasteiger partial charge on any atom is -0.507 e.